The van der Waals surface area contributed by atoms with Gasteiger partial charge in [-0.2, -0.15) is 0 Å². The van der Waals surface area contributed by atoms with Crippen LogP contribution in [0.1, 0.15) is 367 Å². The molecule has 3 N–H and O–H groups in total. The molecular formula is C67H129NO5. The van der Waals surface area contributed by atoms with Crippen molar-refractivity contribution in [3.63, 3.8) is 0 Å². The van der Waals surface area contributed by atoms with Gasteiger partial charge in [0, 0.05) is 12.8 Å². The van der Waals surface area contributed by atoms with Gasteiger partial charge in [0.05, 0.1) is 25.4 Å². The molecule has 2 unspecified atom stereocenters. The zero-order valence-corrected chi connectivity index (χ0v) is 49.4. The largest absolute Gasteiger partial charge is 0.466 e. The number of rotatable bonds is 62. The van der Waals surface area contributed by atoms with Crippen molar-refractivity contribution in [1.29, 1.82) is 0 Å². The van der Waals surface area contributed by atoms with Crippen LogP contribution in [-0.2, 0) is 14.3 Å². The molecule has 0 aromatic carbocycles. The molecule has 0 aromatic rings. The van der Waals surface area contributed by atoms with E-state index in [4.69, 9.17) is 4.74 Å². The van der Waals surface area contributed by atoms with Gasteiger partial charge in [0.2, 0.25) is 5.91 Å². The lowest BCUT2D eigenvalue weighted by Gasteiger charge is -2.22. The minimum absolute atomic E-state index is 0.00881. The number of esters is 1. The van der Waals surface area contributed by atoms with E-state index < -0.39 is 12.1 Å². The number of nitrogens with one attached hydrogen (secondary N) is 1. The highest BCUT2D eigenvalue weighted by Crippen LogP contribution is 2.18. The number of aliphatic hydroxyl groups excluding tert-OH is 2. The zero-order valence-electron chi connectivity index (χ0n) is 49.4. The van der Waals surface area contributed by atoms with E-state index in [0.717, 1.165) is 44.9 Å². The molecule has 0 aliphatic heterocycles. The molecule has 0 spiro atoms. The fourth-order valence-electron chi connectivity index (χ4n) is 10.4. The van der Waals surface area contributed by atoms with E-state index in [1.54, 1.807) is 0 Å². The smallest absolute Gasteiger partial charge is 0.305 e. The topological polar surface area (TPSA) is 95.9 Å². The van der Waals surface area contributed by atoms with E-state index in [9.17, 15) is 19.8 Å². The number of hydrogen-bond acceptors (Lipinski definition) is 5. The summed E-state index contributed by atoms with van der Waals surface area (Å²) in [6, 6.07) is -0.546. The first-order chi connectivity index (χ1) is 36.0. The van der Waals surface area contributed by atoms with Crippen LogP contribution in [0.3, 0.4) is 0 Å². The average Bonchev–Trinajstić information content (AvgIpc) is 3.39. The summed E-state index contributed by atoms with van der Waals surface area (Å²) in [7, 11) is 0. The van der Waals surface area contributed by atoms with E-state index in [1.165, 1.54) is 289 Å². The minimum Gasteiger partial charge on any atom is -0.466 e. The van der Waals surface area contributed by atoms with Crippen molar-refractivity contribution in [2.75, 3.05) is 13.2 Å². The van der Waals surface area contributed by atoms with Gasteiger partial charge >= 0.3 is 5.97 Å². The molecule has 73 heavy (non-hydrogen) atoms. The Kier molecular flexibility index (Phi) is 61.4. The molecule has 0 aliphatic rings. The van der Waals surface area contributed by atoms with Crippen molar-refractivity contribution in [3.05, 3.63) is 24.3 Å². The number of unbranched alkanes of at least 4 members (excludes halogenated alkanes) is 47. The number of amides is 1. The summed E-state index contributed by atoms with van der Waals surface area (Å²) >= 11 is 0. The number of hydrogen-bond donors (Lipinski definition) is 3. The Bertz CT molecular complexity index is 1140. The highest BCUT2D eigenvalue weighted by atomic mass is 16.5. The number of carbonyl (C=O) groups excluding carboxylic acids is 2. The van der Waals surface area contributed by atoms with Crippen molar-refractivity contribution >= 4 is 11.9 Å². The SMILES string of the molecule is CCCCCCCC/C=C\CCCCCCCCCC(=O)OCCCCCCCCCCCCCC/C=C\CCCCCCCCCC(=O)NC(CO)C(O)CCCCCCCCCCCCCCCCCC. The predicted octanol–water partition coefficient (Wildman–Crippen LogP) is 21.0. The van der Waals surface area contributed by atoms with Crippen LogP contribution in [-0.4, -0.2) is 47.4 Å². The van der Waals surface area contributed by atoms with Crippen molar-refractivity contribution < 1.29 is 24.5 Å². The number of allylic oxidation sites excluding steroid dienone is 4. The highest BCUT2D eigenvalue weighted by molar-refractivity contribution is 5.76. The summed E-state index contributed by atoms with van der Waals surface area (Å²) < 4.78 is 5.49. The van der Waals surface area contributed by atoms with Crippen molar-refractivity contribution in [3.8, 4) is 0 Å². The maximum atomic E-state index is 12.5. The van der Waals surface area contributed by atoms with Crippen LogP contribution < -0.4 is 5.32 Å². The number of aliphatic hydroxyl groups is 2. The second-order valence-corrected chi connectivity index (χ2v) is 22.8. The van der Waals surface area contributed by atoms with Crippen LogP contribution in [0.2, 0.25) is 0 Å². The Morgan fingerprint density at radius 2 is 0.644 bits per heavy atom. The molecule has 0 fully saturated rings. The van der Waals surface area contributed by atoms with Crippen LogP contribution in [0.5, 0.6) is 0 Å². The first kappa shape index (κ1) is 71.3. The number of carbonyl (C=O) groups is 2. The van der Waals surface area contributed by atoms with E-state index in [2.05, 4.69) is 43.5 Å². The predicted molar refractivity (Wildman–Crippen MR) is 320 cm³/mol. The summed E-state index contributed by atoms with van der Waals surface area (Å²) in [4.78, 5) is 24.6. The second-order valence-electron chi connectivity index (χ2n) is 22.8. The van der Waals surface area contributed by atoms with Crippen LogP contribution in [0.4, 0.5) is 0 Å². The van der Waals surface area contributed by atoms with Crippen molar-refractivity contribution in [2.45, 2.75) is 379 Å². The van der Waals surface area contributed by atoms with Crippen molar-refractivity contribution in [2.24, 2.45) is 0 Å². The molecule has 6 heteroatoms. The second kappa shape index (κ2) is 62.9. The first-order valence-electron chi connectivity index (χ1n) is 33.1. The molecular weight excluding hydrogens is 899 g/mol. The van der Waals surface area contributed by atoms with Crippen LogP contribution in [0, 0.1) is 0 Å². The third kappa shape index (κ3) is 59.4. The molecule has 1 amide bonds. The van der Waals surface area contributed by atoms with Gasteiger partial charge in [-0.05, 0) is 77.0 Å². The molecule has 0 saturated carbocycles. The van der Waals surface area contributed by atoms with E-state index in [1.807, 2.05) is 0 Å². The quantitative estimate of drug-likeness (QED) is 0.0320. The zero-order chi connectivity index (χ0) is 52.9. The lowest BCUT2D eigenvalue weighted by atomic mass is 10.0. The monoisotopic (exact) mass is 1030 g/mol. The summed E-state index contributed by atoms with van der Waals surface area (Å²) in [5.74, 6) is -0.0299. The van der Waals surface area contributed by atoms with Gasteiger partial charge in [-0.3, -0.25) is 9.59 Å². The maximum absolute atomic E-state index is 12.5. The standard InChI is InChI=1S/C67H129NO5/c1-3-5-7-9-11-13-15-17-19-28-33-37-41-45-49-53-57-61-67(72)73-62-58-54-50-46-42-38-34-30-27-25-23-21-22-24-26-29-32-36-40-44-48-52-56-60-66(71)68-64(63-69)65(70)59-55-51-47-43-39-35-31-20-18-16-14-12-10-8-6-4-2/h17,19,24,26,64-65,69-70H,3-16,18,20-23,25,27-63H2,1-2H3,(H,68,71)/b19-17-,26-24-. The third-order valence-corrected chi connectivity index (χ3v) is 15.5. The van der Waals surface area contributed by atoms with E-state index in [-0.39, 0.29) is 18.5 Å². The molecule has 432 valence electrons. The first-order valence-corrected chi connectivity index (χ1v) is 33.1. The van der Waals surface area contributed by atoms with Crippen LogP contribution in [0.25, 0.3) is 0 Å². The van der Waals surface area contributed by atoms with Gasteiger partial charge in [-0.25, -0.2) is 0 Å². The molecule has 0 rings (SSSR count). The fourth-order valence-corrected chi connectivity index (χ4v) is 10.4. The lowest BCUT2D eigenvalue weighted by molar-refractivity contribution is -0.143. The Morgan fingerprint density at radius 3 is 0.973 bits per heavy atom. The summed E-state index contributed by atoms with van der Waals surface area (Å²) in [6.45, 7) is 4.97. The molecule has 6 nitrogen and oxygen atoms in total. The van der Waals surface area contributed by atoms with E-state index in [0.29, 0.717) is 25.9 Å². The molecule has 2 atom stereocenters. The Balaban J connectivity index is 3.40. The van der Waals surface area contributed by atoms with Gasteiger partial charge in [0.1, 0.15) is 0 Å². The van der Waals surface area contributed by atoms with Gasteiger partial charge in [-0.15, -0.1) is 0 Å². The Labute approximate surface area is 456 Å². The minimum atomic E-state index is -0.668. The molecule has 0 aliphatic carbocycles. The maximum Gasteiger partial charge on any atom is 0.305 e. The van der Waals surface area contributed by atoms with E-state index >= 15 is 0 Å². The molecule has 0 heterocycles. The normalized spacial score (nSPS) is 12.7. The van der Waals surface area contributed by atoms with Gasteiger partial charge < -0.3 is 20.3 Å². The lowest BCUT2D eigenvalue weighted by Crippen LogP contribution is -2.45. The molecule has 0 bridgehead atoms. The van der Waals surface area contributed by atoms with Crippen LogP contribution in [0.15, 0.2) is 24.3 Å². The molecule has 0 radical (unpaired) electrons. The Morgan fingerprint density at radius 1 is 0.370 bits per heavy atom. The van der Waals surface area contributed by atoms with Crippen LogP contribution >= 0.6 is 0 Å². The summed E-state index contributed by atoms with van der Waals surface area (Å²) in [6.07, 6.45) is 77.7. The molecule has 0 saturated heterocycles. The summed E-state index contributed by atoms with van der Waals surface area (Å²) in [5, 5.41) is 23.3. The van der Waals surface area contributed by atoms with Gasteiger partial charge in [0.25, 0.3) is 0 Å². The van der Waals surface area contributed by atoms with Gasteiger partial charge in [0.15, 0.2) is 0 Å². The van der Waals surface area contributed by atoms with Gasteiger partial charge in [-0.1, -0.05) is 301 Å². The third-order valence-electron chi connectivity index (χ3n) is 15.5. The van der Waals surface area contributed by atoms with Crippen molar-refractivity contribution in [1.82, 2.24) is 5.32 Å². The highest BCUT2D eigenvalue weighted by Gasteiger charge is 2.20. The molecule has 0 aromatic heterocycles. The average molecular weight is 1030 g/mol. The Hall–Kier alpha value is -1.66. The fraction of sp³-hybridized carbons (Fsp3) is 0.910. The number of ether oxygens (including phenoxy) is 1. The summed E-state index contributed by atoms with van der Waals surface area (Å²) in [5.41, 5.74) is 0.